The number of hydrogen-bond acceptors (Lipinski definition) is 3. The Labute approximate surface area is 144 Å². The highest BCUT2D eigenvalue weighted by Crippen LogP contribution is 2.23. The molecule has 1 aromatic carbocycles. The number of ether oxygens (including phenoxy) is 1. The van der Waals surface area contributed by atoms with Gasteiger partial charge in [0.05, 0.1) is 10.3 Å². The lowest BCUT2D eigenvalue weighted by Gasteiger charge is -2.16. The molecule has 0 atom stereocenters. The van der Waals surface area contributed by atoms with E-state index in [1.807, 2.05) is 36.4 Å². The molecule has 1 heterocycles. The SMILES string of the molecule is CN(Cc1ccc(Br)s1)C(=O)COc1ccc(I)cc1. The van der Waals surface area contributed by atoms with Crippen molar-refractivity contribution in [2.24, 2.45) is 0 Å². The summed E-state index contributed by atoms with van der Waals surface area (Å²) in [5, 5.41) is 0. The maximum atomic E-state index is 12.0. The number of thiophene rings is 1. The van der Waals surface area contributed by atoms with Crippen LogP contribution < -0.4 is 4.74 Å². The van der Waals surface area contributed by atoms with Crippen molar-refractivity contribution in [1.29, 1.82) is 0 Å². The summed E-state index contributed by atoms with van der Waals surface area (Å²) in [6, 6.07) is 11.6. The van der Waals surface area contributed by atoms with Crippen LogP contribution in [0.5, 0.6) is 5.75 Å². The number of likely N-dealkylation sites (N-methyl/N-ethyl adjacent to an activating group) is 1. The molecule has 20 heavy (non-hydrogen) atoms. The van der Waals surface area contributed by atoms with Gasteiger partial charge in [0.2, 0.25) is 0 Å². The second kappa shape index (κ2) is 7.42. The minimum absolute atomic E-state index is 0.0342. The molecular formula is C14H13BrINO2S. The molecule has 0 spiro atoms. The first-order valence-electron chi connectivity index (χ1n) is 5.91. The van der Waals surface area contributed by atoms with Crippen molar-refractivity contribution in [2.75, 3.05) is 13.7 Å². The van der Waals surface area contributed by atoms with Crippen LogP contribution in [0.2, 0.25) is 0 Å². The second-order valence-electron chi connectivity index (χ2n) is 4.20. The van der Waals surface area contributed by atoms with E-state index in [9.17, 15) is 4.79 Å². The summed E-state index contributed by atoms with van der Waals surface area (Å²) in [5.41, 5.74) is 0. The Morgan fingerprint density at radius 3 is 2.60 bits per heavy atom. The van der Waals surface area contributed by atoms with E-state index in [4.69, 9.17) is 4.74 Å². The lowest BCUT2D eigenvalue weighted by molar-refractivity contribution is -0.132. The molecule has 0 bridgehead atoms. The normalized spacial score (nSPS) is 10.3. The Morgan fingerprint density at radius 1 is 1.30 bits per heavy atom. The molecule has 1 aromatic heterocycles. The fourth-order valence-electron chi connectivity index (χ4n) is 1.54. The number of amides is 1. The summed E-state index contributed by atoms with van der Waals surface area (Å²) in [6.07, 6.45) is 0. The van der Waals surface area contributed by atoms with Gasteiger partial charge in [0, 0.05) is 15.5 Å². The summed E-state index contributed by atoms with van der Waals surface area (Å²) >= 11 is 7.28. The summed E-state index contributed by atoms with van der Waals surface area (Å²) in [5.74, 6) is 0.680. The average molecular weight is 466 g/mol. The van der Waals surface area contributed by atoms with Gasteiger partial charge in [-0.2, -0.15) is 0 Å². The fraction of sp³-hybridized carbons (Fsp3) is 0.214. The molecule has 0 unspecified atom stereocenters. The number of carbonyl (C=O) groups is 1. The first-order chi connectivity index (χ1) is 9.54. The lowest BCUT2D eigenvalue weighted by atomic mass is 10.3. The highest BCUT2D eigenvalue weighted by Gasteiger charge is 2.11. The molecule has 6 heteroatoms. The highest BCUT2D eigenvalue weighted by molar-refractivity contribution is 14.1. The van der Waals surface area contributed by atoms with E-state index in [2.05, 4.69) is 38.5 Å². The number of carbonyl (C=O) groups excluding carboxylic acids is 1. The van der Waals surface area contributed by atoms with Crippen LogP contribution in [-0.2, 0) is 11.3 Å². The Balaban J connectivity index is 1.83. The predicted molar refractivity (Wildman–Crippen MR) is 93.1 cm³/mol. The molecule has 0 fully saturated rings. The molecule has 0 aliphatic rings. The first-order valence-corrected chi connectivity index (χ1v) is 8.60. The van der Waals surface area contributed by atoms with Crippen LogP contribution in [0.25, 0.3) is 0 Å². The van der Waals surface area contributed by atoms with E-state index in [1.165, 1.54) is 0 Å². The van der Waals surface area contributed by atoms with Crippen LogP contribution in [0.1, 0.15) is 4.88 Å². The predicted octanol–water partition coefficient (Wildman–Crippen LogP) is 4.15. The van der Waals surface area contributed by atoms with E-state index < -0.39 is 0 Å². The van der Waals surface area contributed by atoms with Gasteiger partial charge in [-0.1, -0.05) is 0 Å². The van der Waals surface area contributed by atoms with Crippen LogP contribution in [0.3, 0.4) is 0 Å². The Kier molecular flexibility index (Phi) is 5.86. The zero-order valence-electron chi connectivity index (χ0n) is 10.8. The van der Waals surface area contributed by atoms with Gasteiger partial charge in [0.25, 0.3) is 5.91 Å². The molecule has 0 aliphatic carbocycles. The topological polar surface area (TPSA) is 29.5 Å². The molecule has 106 valence electrons. The van der Waals surface area contributed by atoms with Gasteiger partial charge in [0.1, 0.15) is 5.75 Å². The summed E-state index contributed by atoms with van der Waals surface area (Å²) in [4.78, 5) is 14.8. The number of rotatable bonds is 5. The van der Waals surface area contributed by atoms with E-state index in [-0.39, 0.29) is 12.5 Å². The Bertz CT molecular complexity index is 585. The van der Waals surface area contributed by atoms with Gasteiger partial charge < -0.3 is 9.64 Å². The monoisotopic (exact) mass is 465 g/mol. The van der Waals surface area contributed by atoms with Crippen LogP contribution in [0.4, 0.5) is 0 Å². The quantitative estimate of drug-likeness (QED) is 0.620. The number of halogens is 2. The van der Waals surface area contributed by atoms with Crippen molar-refractivity contribution in [3.8, 4) is 5.75 Å². The Hall–Kier alpha value is -0.600. The zero-order chi connectivity index (χ0) is 14.5. The molecule has 3 nitrogen and oxygen atoms in total. The molecule has 0 N–H and O–H groups in total. The second-order valence-corrected chi connectivity index (χ2v) is 7.99. The summed E-state index contributed by atoms with van der Waals surface area (Å²) in [7, 11) is 1.78. The van der Waals surface area contributed by atoms with Gasteiger partial charge >= 0.3 is 0 Å². The van der Waals surface area contributed by atoms with Crippen molar-refractivity contribution < 1.29 is 9.53 Å². The maximum Gasteiger partial charge on any atom is 0.260 e. The first kappa shape index (κ1) is 15.8. The van der Waals surface area contributed by atoms with Crippen molar-refractivity contribution >= 4 is 55.8 Å². The third-order valence-corrected chi connectivity index (χ3v) is 4.95. The molecule has 0 saturated heterocycles. The third-order valence-electron chi connectivity index (χ3n) is 2.62. The van der Waals surface area contributed by atoms with Gasteiger partial charge in [-0.3, -0.25) is 4.79 Å². The van der Waals surface area contributed by atoms with Gasteiger partial charge in [-0.25, -0.2) is 0 Å². The Morgan fingerprint density at radius 2 is 2.00 bits per heavy atom. The molecular weight excluding hydrogens is 453 g/mol. The average Bonchev–Trinajstić information content (AvgIpc) is 2.83. The summed E-state index contributed by atoms with van der Waals surface area (Å²) < 4.78 is 7.70. The minimum Gasteiger partial charge on any atom is -0.484 e. The molecule has 0 aliphatic heterocycles. The fourth-order valence-corrected chi connectivity index (χ4v) is 3.44. The molecule has 2 rings (SSSR count). The third kappa shape index (κ3) is 4.75. The van der Waals surface area contributed by atoms with E-state index in [0.29, 0.717) is 12.3 Å². The molecule has 0 saturated carbocycles. The maximum absolute atomic E-state index is 12.0. The zero-order valence-corrected chi connectivity index (χ0v) is 15.4. The van der Waals surface area contributed by atoms with Crippen LogP contribution in [0, 0.1) is 3.57 Å². The number of benzene rings is 1. The van der Waals surface area contributed by atoms with Crippen molar-refractivity contribution in [3.63, 3.8) is 0 Å². The number of hydrogen-bond donors (Lipinski definition) is 0. The highest BCUT2D eigenvalue weighted by atomic mass is 127. The number of nitrogens with zero attached hydrogens (tertiary/aromatic N) is 1. The largest absolute Gasteiger partial charge is 0.484 e. The van der Waals surface area contributed by atoms with Crippen molar-refractivity contribution in [1.82, 2.24) is 4.90 Å². The molecule has 0 radical (unpaired) electrons. The van der Waals surface area contributed by atoms with Crippen molar-refractivity contribution in [2.45, 2.75) is 6.54 Å². The molecule has 2 aromatic rings. The van der Waals surface area contributed by atoms with Crippen LogP contribution in [-0.4, -0.2) is 24.5 Å². The molecule has 1 amide bonds. The van der Waals surface area contributed by atoms with Gasteiger partial charge in [-0.15, -0.1) is 11.3 Å². The smallest absolute Gasteiger partial charge is 0.260 e. The van der Waals surface area contributed by atoms with Gasteiger partial charge in [-0.05, 0) is 74.9 Å². The van der Waals surface area contributed by atoms with E-state index in [1.54, 1.807) is 23.3 Å². The summed E-state index contributed by atoms with van der Waals surface area (Å²) in [6.45, 7) is 0.661. The lowest BCUT2D eigenvalue weighted by Crippen LogP contribution is -2.30. The van der Waals surface area contributed by atoms with E-state index >= 15 is 0 Å². The van der Waals surface area contributed by atoms with Crippen molar-refractivity contribution in [3.05, 3.63) is 48.6 Å². The van der Waals surface area contributed by atoms with Crippen LogP contribution in [0.15, 0.2) is 40.2 Å². The van der Waals surface area contributed by atoms with Gasteiger partial charge in [0.15, 0.2) is 6.61 Å². The van der Waals surface area contributed by atoms with E-state index in [0.717, 1.165) is 12.2 Å². The standard InChI is InChI=1S/C14H13BrINO2S/c1-17(8-12-6-7-13(15)20-12)14(18)9-19-11-4-2-10(16)3-5-11/h2-7H,8-9H2,1H3. The minimum atomic E-state index is -0.0342. The van der Waals surface area contributed by atoms with Crippen LogP contribution >= 0.6 is 49.9 Å².